The summed E-state index contributed by atoms with van der Waals surface area (Å²) in [5.74, 6) is 0.638. The number of oxazole rings is 1. The minimum Gasteiger partial charge on any atom is -0.435 e. The summed E-state index contributed by atoms with van der Waals surface area (Å²) in [6.07, 6.45) is 0. The molecule has 0 fully saturated rings. The molecule has 1 N–H and O–H groups in total. The van der Waals surface area contributed by atoms with Crippen molar-refractivity contribution in [2.75, 3.05) is 5.32 Å². The SMILES string of the molecule is c1ccc(-c2nc3cccc(-c4ccc(Nc5ccccc5-c5ccccc5)cc4)c3o2)cc1. The van der Waals surface area contributed by atoms with Crippen molar-refractivity contribution in [3.8, 4) is 33.7 Å². The van der Waals surface area contributed by atoms with E-state index in [0.29, 0.717) is 5.89 Å². The number of nitrogens with zero attached hydrogens (tertiary/aromatic N) is 1. The lowest BCUT2D eigenvalue weighted by Gasteiger charge is -2.13. The Bertz CT molecular complexity index is 1550. The van der Waals surface area contributed by atoms with Gasteiger partial charge in [0.2, 0.25) is 5.89 Å². The van der Waals surface area contributed by atoms with E-state index in [1.807, 2.05) is 48.5 Å². The molecule has 5 aromatic carbocycles. The van der Waals surface area contributed by atoms with Crippen LogP contribution in [0.25, 0.3) is 44.8 Å². The van der Waals surface area contributed by atoms with Gasteiger partial charge in [0, 0.05) is 28.1 Å². The highest BCUT2D eigenvalue weighted by molar-refractivity contribution is 5.92. The summed E-state index contributed by atoms with van der Waals surface area (Å²) in [5.41, 5.74) is 9.22. The summed E-state index contributed by atoms with van der Waals surface area (Å²) in [5, 5.41) is 3.58. The van der Waals surface area contributed by atoms with Gasteiger partial charge in [0.25, 0.3) is 0 Å². The summed E-state index contributed by atoms with van der Waals surface area (Å²) in [4.78, 5) is 4.70. The van der Waals surface area contributed by atoms with Crippen molar-refractivity contribution in [3.05, 3.63) is 127 Å². The van der Waals surface area contributed by atoms with E-state index in [1.165, 1.54) is 11.1 Å². The predicted molar refractivity (Wildman–Crippen MR) is 140 cm³/mol. The van der Waals surface area contributed by atoms with Crippen molar-refractivity contribution in [1.29, 1.82) is 0 Å². The van der Waals surface area contributed by atoms with Crippen LogP contribution in [0.4, 0.5) is 11.4 Å². The molecule has 0 unspecified atom stereocenters. The van der Waals surface area contributed by atoms with E-state index in [4.69, 9.17) is 9.40 Å². The molecule has 3 heteroatoms. The van der Waals surface area contributed by atoms with Gasteiger partial charge in [0.05, 0.1) is 0 Å². The van der Waals surface area contributed by atoms with Crippen LogP contribution in [0.2, 0.25) is 0 Å². The third-order valence-electron chi connectivity index (χ3n) is 5.92. The number of fused-ring (bicyclic) bond motifs is 1. The van der Waals surface area contributed by atoms with E-state index in [9.17, 15) is 0 Å². The first-order chi connectivity index (χ1) is 16.8. The number of rotatable bonds is 5. The molecule has 0 saturated carbocycles. The van der Waals surface area contributed by atoms with E-state index < -0.39 is 0 Å². The molecule has 6 rings (SSSR count). The Labute approximate surface area is 198 Å². The van der Waals surface area contributed by atoms with Crippen LogP contribution >= 0.6 is 0 Å². The maximum atomic E-state index is 6.20. The number of anilines is 2. The van der Waals surface area contributed by atoms with Gasteiger partial charge in [-0.1, -0.05) is 91.0 Å². The monoisotopic (exact) mass is 438 g/mol. The van der Waals surface area contributed by atoms with Crippen LogP contribution in [0.15, 0.2) is 132 Å². The number of aromatic nitrogens is 1. The van der Waals surface area contributed by atoms with Gasteiger partial charge >= 0.3 is 0 Å². The van der Waals surface area contributed by atoms with Crippen LogP contribution in [0.5, 0.6) is 0 Å². The van der Waals surface area contributed by atoms with Gasteiger partial charge in [-0.2, -0.15) is 0 Å². The Hall–Kier alpha value is -4.63. The zero-order valence-electron chi connectivity index (χ0n) is 18.5. The van der Waals surface area contributed by atoms with Crippen LogP contribution < -0.4 is 5.32 Å². The number of hydrogen-bond donors (Lipinski definition) is 1. The molecule has 0 aliphatic heterocycles. The van der Waals surface area contributed by atoms with Gasteiger partial charge < -0.3 is 9.73 Å². The summed E-state index contributed by atoms with van der Waals surface area (Å²) < 4.78 is 6.20. The van der Waals surface area contributed by atoms with Crippen molar-refractivity contribution >= 4 is 22.5 Å². The van der Waals surface area contributed by atoms with Gasteiger partial charge in [-0.05, 0) is 47.5 Å². The summed E-state index contributed by atoms with van der Waals surface area (Å²) >= 11 is 0. The lowest BCUT2D eigenvalue weighted by Crippen LogP contribution is -1.93. The van der Waals surface area contributed by atoms with Gasteiger partial charge in [-0.15, -0.1) is 0 Å². The second-order valence-electron chi connectivity index (χ2n) is 8.15. The third kappa shape index (κ3) is 3.84. The standard InChI is InChI=1S/C31H22N2O/c1-3-10-22(11-4-1)26-14-7-8-16-28(26)32-25-20-18-23(19-21-25)27-15-9-17-29-30(27)34-31(33-29)24-12-5-2-6-13-24/h1-21,32H. The first-order valence-electron chi connectivity index (χ1n) is 11.3. The van der Waals surface area contributed by atoms with Gasteiger partial charge in [0.1, 0.15) is 5.52 Å². The van der Waals surface area contributed by atoms with Crippen LogP contribution in [-0.2, 0) is 0 Å². The van der Waals surface area contributed by atoms with E-state index in [0.717, 1.165) is 39.2 Å². The average Bonchev–Trinajstić information content (AvgIpc) is 3.35. The van der Waals surface area contributed by atoms with Gasteiger partial charge in [0.15, 0.2) is 5.58 Å². The zero-order valence-corrected chi connectivity index (χ0v) is 18.5. The summed E-state index contributed by atoms with van der Waals surface area (Å²) in [6, 6.07) is 43.3. The largest absolute Gasteiger partial charge is 0.435 e. The Morgan fingerprint density at radius 2 is 1.12 bits per heavy atom. The van der Waals surface area contributed by atoms with Gasteiger partial charge in [-0.3, -0.25) is 0 Å². The average molecular weight is 439 g/mol. The molecule has 0 spiro atoms. The Kier molecular flexibility index (Phi) is 5.13. The Morgan fingerprint density at radius 3 is 1.88 bits per heavy atom. The molecule has 1 aromatic heterocycles. The fraction of sp³-hybridized carbons (Fsp3) is 0. The maximum absolute atomic E-state index is 6.20. The molecule has 34 heavy (non-hydrogen) atoms. The second-order valence-corrected chi connectivity index (χ2v) is 8.15. The van der Waals surface area contributed by atoms with Crippen LogP contribution in [0.3, 0.4) is 0 Å². The molecule has 0 saturated heterocycles. The molecule has 0 aliphatic carbocycles. The van der Waals surface area contributed by atoms with E-state index in [1.54, 1.807) is 0 Å². The predicted octanol–water partition coefficient (Wildman–Crippen LogP) is 8.57. The minimum absolute atomic E-state index is 0.638. The fourth-order valence-corrected chi connectivity index (χ4v) is 4.23. The van der Waals surface area contributed by atoms with Crippen molar-refractivity contribution in [2.45, 2.75) is 0 Å². The summed E-state index contributed by atoms with van der Waals surface area (Å²) in [6.45, 7) is 0. The first-order valence-corrected chi connectivity index (χ1v) is 11.3. The van der Waals surface area contributed by atoms with Crippen LogP contribution in [0.1, 0.15) is 0 Å². The molecule has 3 nitrogen and oxygen atoms in total. The summed E-state index contributed by atoms with van der Waals surface area (Å²) in [7, 11) is 0. The van der Waals surface area contributed by atoms with Crippen molar-refractivity contribution in [1.82, 2.24) is 4.98 Å². The van der Waals surface area contributed by atoms with Crippen molar-refractivity contribution in [3.63, 3.8) is 0 Å². The molecular formula is C31H22N2O. The lowest BCUT2D eigenvalue weighted by molar-refractivity contribution is 0.621. The van der Waals surface area contributed by atoms with Crippen molar-refractivity contribution < 1.29 is 4.42 Å². The molecule has 0 aliphatic rings. The Morgan fingerprint density at radius 1 is 0.500 bits per heavy atom. The van der Waals surface area contributed by atoms with Crippen molar-refractivity contribution in [2.24, 2.45) is 0 Å². The molecule has 0 radical (unpaired) electrons. The topological polar surface area (TPSA) is 38.1 Å². The minimum atomic E-state index is 0.638. The fourth-order valence-electron chi connectivity index (χ4n) is 4.23. The molecule has 0 bridgehead atoms. The van der Waals surface area contributed by atoms with Crippen LogP contribution in [-0.4, -0.2) is 4.98 Å². The Balaban J connectivity index is 1.31. The molecular weight excluding hydrogens is 416 g/mol. The quantitative estimate of drug-likeness (QED) is 0.293. The molecule has 1 heterocycles. The smallest absolute Gasteiger partial charge is 0.227 e. The number of benzene rings is 5. The van der Waals surface area contributed by atoms with Crippen LogP contribution in [0, 0.1) is 0 Å². The zero-order chi connectivity index (χ0) is 22.7. The number of para-hydroxylation sites is 2. The number of hydrogen-bond acceptors (Lipinski definition) is 3. The molecule has 0 amide bonds. The van der Waals surface area contributed by atoms with E-state index >= 15 is 0 Å². The third-order valence-corrected chi connectivity index (χ3v) is 5.92. The highest BCUT2D eigenvalue weighted by Crippen LogP contribution is 2.34. The number of nitrogens with one attached hydrogen (secondary N) is 1. The highest BCUT2D eigenvalue weighted by atomic mass is 16.3. The van der Waals surface area contributed by atoms with Gasteiger partial charge in [-0.25, -0.2) is 4.98 Å². The van der Waals surface area contributed by atoms with E-state index in [-0.39, 0.29) is 0 Å². The van der Waals surface area contributed by atoms with E-state index in [2.05, 4.69) is 84.2 Å². The maximum Gasteiger partial charge on any atom is 0.227 e. The first kappa shape index (κ1) is 20.0. The molecule has 162 valence electrons. The highest BCUT2D eigenvalue weighted by Gasteiger charge is 2.13. The normalized spacial score (nSPS) is 10.9. The second kappa shape index (κ2) is 8.72. The molecule has 0 atom stereocenters. The lowest BCUT2D eigenvalue weighted by atomic mass is 10.0. The molecule has 6 aromatic rings.